The standard InChI is InChI=1S/C24H30BrN3O2/c1-24(2,20-9-4-10-21(25)13-20)23(30)27-14-17-6-3-7-18(12-17)15-28-11-5-8-19(16-28)22(26)29/h3-4,6-7,9-10,12-13,19H,5,8,11,14-16H2,1-2H3,(H2,26,29)(H,27,30). The van der Waals surface area contributed by atoms with E-state index in [0.717, 1.165) is 48.1 Å². The number of likely N-dealkylation sites (tertiary alicyclic amines) is 1. The van der Waals surface area contributed by atoms with Crippen LogP contribution in [0, 0.1) is 5.92 Å². The predicted octanol–water partition coefficient (Wildman–Crippen LogP) is 3.74. The third-order valence-corrected chi connectivity index (χ3v) is 6.37. The second-order valence-electron chi connectivity index (χ2n) is 8.61. The number of primary amides is 1. The lowest BCUT2D eigenvalue weighted by Gasteiger charge is -2.31. The van der Waals surface area contributed by atoms with Crippen LogP contribution in [0.25, 0.3) is 0 Å². The number of nitrogens with one attached hydrogen (secondary N) is 1. The Kier molecular flexibility index (Phi) is 7.32. The fourth-order valence-corrected chi connectivity index (χ4v) is 4.34. The Morgan fingerprint density at radius 3 is 2.63 bits per heavy atom. The zero-order chi connectivity index (χ0) is 21.7. The molecule has 1 fully saturated rings. The van der Waals surface area contributed by atoms with Gasteiger partial charge in [-0.3, -0.25) is 14.5 Å². The zero-order valence-electron chi connectivity index (χ0n) is 17.7. The molecule has 1 atom stereocenters. The van der Waals surface area contributed by atoms with E-state index in [2.05, 4.69) is 38.3 Å². The second kappa shape index (κ2) is 9.75. The summed E-state index contributed by atoms with van der Waals surface area (Å²) in [6.07, 6.45) is 1.87. The molecule has 0 bridgehead atoms. The molecule has 3 N–H and O–H groups in total. The topological polar surface area (TPSA) is 75.4 Å². The van der Waals surface area contributed by atoms with E-state index in [1.807, 2.05) is 50.2 Å². The number of rotatable bonds is 7. The molecular weight excluding hydrogens is 442 g/mol. The number of nitrogens with two attached hydrogens (primary N) is 1. The summed E-state index contributed by atoms with van der Waals surface area (Å²) in [4.78, 5) is 26.7. The van der Waals surface area contributed by atoms with Gasteiger partial charge < -0.3 is 11.1 Å². The number of carbonyl (C=O) groups excluding carboxylic acids is 2. The summed E-state index contributed by atoms with van der Waals surface area (Å²) in [5.41, 5.74) is 8.08. The quantitative estimate of drug-likeness (QED) is 0.645. The first-order chi connectivity index (χ1) is 14.3. The Hall–Kier alpha value is -2.18. The Labute approximate surface area is 187 Å². The van der Waals surface area contributed by atoms with Crippen LogP contribution in [0.3, 0.4) is 0 Å². The van der Waals surface area contributed by atoms with Gasteiger partial charge in [-0.1, -0.05) is 52.3 Å². The van der Waals surface area contributed by atoms with Gasteiger partial charge in [0.25, 0.3) is 0 Å². The Bertz CT molecular complexity index is 913. The van der Waals surface area contributed by atoms with Crippen molar-refractivity contribution in [3.05, 3.63) is 69.7 Å². The molecule has 2 aromatic rings. The minimum absolute atomic E-state index is 0.00802. The molecule has 0 spiro atoms. The van der Waals surface area contributed by atoms with Crippen LogP contribution in [0.4, 0.5) is 0 Å². The predicted molar refractivity (Wildman–Crippen MR) is 123 cm³/mol. The van der Waals surface area contributed by atoms with Gasteiger partial charge in [0.15, 0.2) is 0 Å². The number of halogens is 1. The van der Waals surface area contributed by atoms with Gasteiger partial charge in [-0.2, -0.15) is 0 Å². The smallest absolute Gasteiger partial charge is 0.230 e. The molecule has 5 nitrogen and oxygen atoms in total. The molecule has 1 saturated heterocycles. The minimum atomic E-state index is -0.626. The van der Waals surface area contributed by atoms with Gasteiger partial charge in [0, 0.05) is 24.1 Å². The van der Waals surface area contributed by atoms with E-state index >= 15 is 0 Å². The van der Waals surface area contributed by atoms with Crippen LogP contribution in [0.5, 0.6) is 0 Å². The summed E-state index contributed by atoms with van der Waals surface area (Å²) in [7, 11) is 0. The van der Waals surface area contributed by atoms with Crippen molar-refractivity contribution in [1.82, 2.24) is 10.2 Å². The van der Waals surface area contributed by atoms with Gasteiger partial charge in [0.05, 0.1) is 11.3 Å². The third-order valence-electron chi connectivity index (χ3n) is 5.87. The average molecular weight is 472 g/mol. The first kappa shape index (κ1) is 22.5. The molecule has 1 aliphatic rings. The van der Waals surface area contributed by atoms with E-state index in [0.29, 0.717) is 6.54 Å². The molecule has 0 aliphatic carbocycles. The molecule has 6 heteroatoms. The molecule has 30 heavy (non-hydrogen) atoms. The first-order valence-corrected chi connectivity index (χ1v) is 11.2. The molecule has 3 rings (SSSR count). The fraction of sp³-hybridized carbons (Fsp3) is 0.417. The molecule has 1 unspecified atom stereocenters. The minimum Gasteiger partial charge on any atom is -0.369 e. The van der Waals surface area contributed by atoms with Crippen LogP contribution in [-0.4, -0.2) is 29.8 Å². The molecule has 1 heterocycles. The number of nitrogens with zero attached hydrogens (tertiary/aromatic N) is 1. The van der Waals surface area contributed by atoms with Gasteiger partial charge in [-0.25, -0.2) is 0 Å². The van der Waals surface area contributed by atoms with Crippen LogP contribution in [0.2, 0.25) is 0 Å². The van der Waals surface area contributed by atoms with Crippen molar-refractivity contribution >= 4 is 27.7 Å². The van der Waals surface area contributed by atoms with Crippen LogP contribution < -0.4 is 11.1 Å². The number of benzene rings is 2. The Morgan fingerprint density at radius 1 is 1.17 bits per heavy atom. The summed E-state index contributed by atoms with van der Waals surface area (Å²) in [6, 6.07) is 16.1. The molecule has 2 amide bonds. The van der Waals surface area contributed by atoms with Crippen LogP contribution in [-0.2, 0) is 28.1 Å². The maximum Gasteiger partial charge on any atom is 0.230 e. The first-order valence-electron chi connectivity index (χ1n) is 10.4. The zero-order valence-corrected chi connectivity index (χ0v) is 19.2. The van der Waals surface area contributed by atoms with Crippen molar-refractivity contribution in [2.24, 2.45) is 11.7 Å². The molecule has 160 valence electrons. The fourth-order valence-electron chi connectivity index (χ4n) is 3.94. The number of hydrogen-bond acceptors (Lipinski definition) is 3. The summed E-state index contributed by atoms with van der Waals surface area (Å²) >= 11 is 3.48. The second-order valence-corrected chi connectivity index (χ2v) is 9.53. The van der Waals surface area contributed by atoms with E-state index in [-0.39, 0.29) is 17.7 Å². The summed E-state index contributed by atoms with van der Waals surface area (Å²) < 4.78 is 0.963. The molecule has 2 aromatic carbocycles. The van der Waals surface area contributed by atoms with E-state index in [4.69, 9.17) is 5.73 Å². The van der Waals surface area contributed by atoms with E-state index in [1.165, 1.54) is 5.56 Å². The highest BCUT2D eigenvalue weighted by Crippen LogP contribution is 2.26. The lowest BCUT2D eigenvalue weighted by atomic mass is 9.83. The highest BCUT2D eigenvalue weighted by atomic mass is 79.9. The molecular formula is C24H30BrN3O2. The van der Waals surface area contributed by atoms with Gasteiger partial charge in [0.2, 0.25) is 11.8 Å². The number of hydrogen-bond donors (Lipinski definition) is 2. The lowest BCUT2D eigenvalue weighted by molar-refractivity contribution is -0.126. The summed E-state index contributed by atoms with van der Waals surface area (Å²) in [6.45, 7) is 6.84. The highest BCUT2D eigenvalue weighted by Gasteiger charge is 2.29. The van der Waals surface area contributed by atoms with Crippen molar-refractivity contribution in [2.75, 3.05) is 13.1 Å². The number of amides is 2. The van der Waals surface area contributed by atoms with E-state index < -0.39 is 5.41 Å². The maximum atomic E-state index is 12.9. The van der Waals surface area contributed by atoms with Crippen molar-refractivity contribution < 1.29 is 9.59 Å². The van der Waals surface area contributed by atoms with Gasteiger partial charge in [-0.05, 0) is 62.1 Å². The molecule has 0 radical (unpaired) electrons. The maximum absolute atomic E-state index is 12.9. The number of piperidine rings is 1. The van der Waals surface area contributed by atoms with Crippen molar-refractivity contribution in [3.8, 4) is 0 Å². The van der Waals surface area contributed by atoms with Crippen molar-refractivity contribution in [2.45, 2.75) is 45.2 Å². The van der Waals surface area contributed by atoms with Crippen molar-refractivity contribution in [1.29, 1.82) is 0 Å². The average Bonchev–Trinajstić information content (AvgIpc) is 2.72. The largest absolute Gasteiger partial charge is 0.369 e. The lowest BCUT2D eigenvalue weighted by Crippen LogP contribution is -2.40. The van der Waals surface area contributed by atoms with E-state index in [9.17, 15) is 9.59 Å². The Morgan fingerprint density at radius 2 is 1.90 bits per heavy atom. The monoisotopic (exact) mass is 471 g/mol. The number of carbonyl (C=O) groups is 2. The molecule has 1 aliphatic heterocycles. The Balaban J connectivity index is 1.60. The normalized spacial score (nSPS) is 17.5. The van der Waals surface area contributed by atoms with Crippen LogP contribution >= 0.6 is 15.9 Å². The van der Waals surface area contributed by atoms with Gasteiger partial charge in [-0.15, -0.1) is 0 Å². The molecule has 0 aromatic heterocycles. The highest BCUT2D eigenvalue weighted by molar-refractivity contribution is 9.10. The van der Waals surface area contributed by atoms with Crippen molar-refractivity contribution in [3.63, 3.8) is 0 Å². The SMILES string of the molecule is CC(C)(C(=O)NCc1cccc(CN2CCCC(C(N)=O)C2)c1)c1cccc(Br)c1. The van der Waals surface area contributed by atoms with Crippen LogP contribution in [0.15, 0.2) is 53.0 Å². The summed E-state index contributed by atoms with van der Waals surface area (Å²) in [5.74, 6) is -0.267. The van der Waals surface area contributed by atoms with Gasteiger partial charge in [0.1, 0.15) is 0 Å². The van der Waals surface area contributed by atoms with Gasteiger partial charge >= 0.3 is 0 Å². The molecule has 0 saturated carbocycles. The van der Waals surface area contributed by atoms with E-state index in [1.54, 1.807) is 0 Å². The summed E-state index contributed by atoms with van der Waals surface area (Å²) in [5, 5.41) is 3.08. The third kappa shape index (κ3) is 5.70. The van der Waals surface area contributed by atoms with Crippen LogP contribution in [0.1, 0.15) is 43.4 Å².